The van der Waals surface area contributed by atoms with Crippen LogP contribution in [0.15, 0.2) is 200 Å². The monoisotopic (exact) mass is 732 g/mol. The first-order valence-corrected chi connectivity index (χ1v) is 20.0. The van der Waals surface area contributed by atoms with Gasteiger partial charge in [-0.25, -0.2) is 0 Å². The highest BCUT2D eigenvalue weighted by molar-refractivity contribution is 7.25. The maximum Gasteiger partial charge on any atom is 0.0547 e. The Morgan fingerprint density at radius 2 is 1.02 bits per heavy atom. The molecule has 0 amide bonds. The van der Waals surface area contributed by atoms with Gasteiger partial charge in [0.2, 0.25) is 0 Å². The lowest BCUT2D eigenvalue weighted by atomic mass is 9.96. The molecule has 0 aliphatic rings. The lowest BCUT2D eigenvalue weighted by Gasteiger charge is -2.24. The second-order valence-electron chi connectivity index (χ2n) is 14.6. The molecule has 0 aliphatic heterocycles. The molecule has 0 saturated heterocycles. The van der Waals surface area contributed by atoms with Crippen LogP contribution in [-0.2, 0) is 0 Å². The van der Waals surface area contributed by atoms with Crippen LogP contribution in [-0.4, -0.2) is 11.6 Å². The molecule has 0 fully saturated rings. The van der Waals surface area contributed by atoms with E-state index in [9.17, 15) is 0 Å². The third kappa shape index (κ3) is 5.31. The van der Waals surface area contributed by atoms with Crippen molar-refractivity contribution in [2.24, 2.45) is 0 Å². The maximum absolute atomic E-state index is 2.47. The lowest BCUT2D eigenvalue weighted by Crippen LogP contribution is -2.10. The predicted molar refractivity (Wildman–Crippen MR) is 242 cm³/mol. The lowest BCUT2D eigenvalue weighted by molar-refractivity contribution is 1.20. The topological polar surface area (TPSA) is 8.17 Å². The van der Waals surface area contributed by atoms with E-state index in [1.165, 1.54) is 91.8 Å². The van der Waals surface area contributed by atoms with Gasteiger partial charge >= 0.3 is 0 Å². The molecule has 264 valence electrons. The Bertz CT molecular complexity index is 3260. The number of thiophene rings is 1. The van der Waals surface area contributed by atoms with Crippen molar-refractivity contribution in [1.29, 1.82) is 0 Å². The highest BCUT2D eigenvalue weighted by atomic mass is 32.1. The molecule has 2 heterocycles. The van der Waals surface area contributed by atoms with E-state index in [1.807, 2.05) is 11.3 Å². The fraction of sp³-hybridized carbons (Fsp3) is 0.0189. The third-order valence-electron chi connectivity index (χ3n) is 11.4. The molecule has 0 aliphatic carbocycles. The number of hydrogen-bond acceptors (Lipinski definition) is 2. The first-order chi connectivity index (χ1) is 27.7. The van der Waals surface area contributed by atoms with Gasteiger partial charge < -0.3 is 9.47 Å². The van der Waals surface area contributed by atoms with Gasteiger partial charge in [0, 0.05) is 60.3 Å². The van der Waals surface area contributed by atoms with Crippen molar-refractivity contribution in [3.8, 4) is 39.1 Å². The molecule has 0 N–H and O–H groups in total. The molecule has 0 radical (unpaired) electrons. The van der Waals surface area contributed by atoms with E-state index in [4.69, 9.17) is 0 Å². The fourth-order valence-electron chi connectivity index (χ4n) is 8.60. The minimum absolute atomic E-state index is 1.15. The summed E-state index contributed by atoms with van der Waals surface area (Å²) in [5.74, 6) is 0. The van der Waals surface area contributed by atoms with Gasteiger partial charge in [0.25, 0.3) is 0 Å². The molecule has 2 aromatic heterocycles. The summed E-state index contributed by atoms with van der Waals surface area (Å²) in [4.78, 5) is 2.30. The molecule has 2 nitrogen and oxygen atoms in total. The van der Waals surface area contributed by atoms with Gasteiger partial charge in [-0.3, -0.25) is 0 Å². The highest BCUT2D eigenvalue weighted by Gasteiger charge is 2.18. The smallest absolute Gasteiger partial charge is 0.0547 e. The Hall–Kier alpha value is -6.94. The van der Waals surface area contributed by atoms with E-state index >= 15 is 0 Å². The van der Waals surface area contributed by atoms with E-state index in [1.54, 1.807) is 0 Å². The number of para-hydroxylation sites is 2. The van der Waals surface area contributed by atoms with Crippen molar-refractivity contribution in [1.82, 2.24) is 4.57 Å². The molecule has 3 heteroatoms. The number of benzene rings is 9. The summed E-state index contributed by atoms with van der Waals surface area (Å²) in [6.07, 6.45) is 0. The van der Waals surface area contributed by atoms with Crippen LogP contribution >= 0.6 is 11.3 Å². The number of hydrogen-bond donors (Lipinski definition) is 0. The highest BCUT2D eigenvalue weighted by Crippen LogP contribution is 2.42. The summed E-state index contributed by atoms with van der Waals surface area (Å²) in [5.41, 5.74) is 13.1. The zero-order valence-corrected chi connectivity index (χ0v) is 31.7. The first kappa shape index (κ1) is 32.5. The molecular formula is C53H36N2S. The Morgan fingerprint density at radius 1 is 0.393 bits per heavy atom. The predicted octanol–water partition coefficient (Wildman–Crippen LogP) is 15.1. The minimum atomic E-state index is 1.15. The summed E-state index contributed by atoms with van der Waals surface area (Å²) < 4.78 is 5.13. The molecule has 0 bridgehead atoms. The number of rotatable bonds is 6. The molecule has 11 rings (SSSR count). The van der Waals surface area contributed by atoms with Gasteiger partial charge in [-0.15, -0.1) is 11.3 Å². The standard InChI is InChI=1S/C53H36N2S/c1-54(41-16-6-3-7-17-41)50-33-38(24-27-42(50)35-13-4-2-5-14-35)39-25-29-45-44-18-8-10-20-49(44)55(51(45)34-39)48-21-12-15-40-31-36(23-28-43(40)48)37-26-30-53-47(32-37)46-19-9-11-22-52(46)56-53/h2-34H,1H3. The zero-order chi connectivity index (χ0) is 37.2. The van der Waals surface area contributed by atoms with Crippen LogP contribution in [0, 0.1) is 0 Å². The maximum atomic E-state index is 2.47. The molecule has 0 unspecified atom stereocenters. The third-order valence-corrected chi connectivity index (χ3v) is 12.6. The molecule has 9 aromatic carbocycles. The minimum Gasteiger partial charge on any atom is -0.344 e. The summed E-state index contributed by atoms with van der Waals surface area (Å²) in [7, 11) is 2.16. The van der Waals surface area contributed by atoms with Crippen molar-refractivity contribution in [3.05, 3.63) is 200 Å². The molecule has 0 saturated carbocycles. The van der Waals surface area contributed by atoms with E-state index in [0.29, 0.717) is 0 Å². The van der Waals surface area contributed by atoms with Crippen molar-refractivity contribution in [2.45, 2.75) is 0 Å². The molecule has 11 aromatic rings. The van der Waals surface area contributed by atoms with Gasteiger partial charge in [-0.1, -0.05) is 140 Å². The Kier molecular flexibility index (Phi) is 7.61. The van der Waals surface area contributed by atoms with Crippen LogP contribution in [0.4, 0.5) is 11.4 Å². The first-order valence-electron chi connectivity index (χ1n) is 19.1. The van der Waals surface area contributed by atoms with E-state index in [0.717, 1.165) is 11.4 Å². The van der Waals surface area contributed by atoms with Crippen LogP contribution in [0.2, 0.25) is 0 Å². The average molecular weight is 733 g/mol. The molecule has 0 spiro atoms. The van der Waals surface area contributed by atoms with E-state index < -0.39 is 0 Å². The molecule has 56 heavy (non-hydrogen) atoms. The van der Waals surface area contributed by atoms with Crippen LogP contribution in [0.1, 0.15) is 0 Å². The second kappa shape index (κ2) is 13.1. The van der Waals surface area contributed by atoms with Crippen LogP contribution in [0.5, 0.6) is 0 Å². The normalized spacial score (nSPS) is 11.7. The Labute approximate surface area is 329 Å². The van der Waals surface area contributed by atoms with Gasteiger partial charge in [0.15, 0.2) is 0 Å². The van der Waals surface area contributed by atoms with Crippen molar-refractivity contribution < 1.29 is 0 Å². The SMILES string of the molecule is CN(c1ccccc1)c1cc(-c2ccc3c4ccccc4n(-c4cccc5cc(-c6ccc7sc8ccccc8c7c6)ccc45)c3c2)ccc1-c1ccccc1. The van der Waals surface area contributed by atoms with E-state index in [2.05, 4.69) is 217 Å². The van der Waals surface area contributed by atoms with Gasteiger partial charge in [0.05, 0.1) is 16.7 Å². The van der Waals surface area contributed by atoms with E-state index in [-0.39, 0.29) is 0 Å². The number of fused-ring (bicyclic) bond motifs is 7. The number of aromatic nitrogens is 1. The van der Waals surface area contributed by atoms with Gasteiger partial charge in [-0.05, 0) is 93.9 Å². The largest absolute Gasteiger partial charge is 0.344 e. The number of anilines is 2. The quantitative estimate of drug-likeness (QED) is 0.165. The summed E-state index contributed by atoms with van der Waals surface area (Å²) in [5, 5.41) is 7.61. The van der Waals surface area contributed by atoms with Gasteiger partial charge in [0.1, 0.15) is 0 Å². The van der Waals surface area contributed by atoms with Gasteiger partial charge in [-0.2, -0.15) is 0 Å². The fourth-order valence-corrected chi connectivity index (χ4v) is 9.68. The van der Waals surface area contributed by atoms with Crippen LogP contribution in [0.25, 0.3) is 91.8 Å². The second-order valence-corrected chi connectivity index (χ2v) is 15.7. The zero-order valence-electron chi connectivity index (χ0n) is 30.9. The summed E-state index contributed by atoms with van der Waals surface area (Å²) >= 11 is 1.87. The van der Waals surface area contributed by atoms with Crippen molar-refractivity contribution in [2.75, 3.05) is 11.9 Å². The summed E-state index contributed by atoms with van der Waals surface area (Å²) in [6, 6.07) is 73.3. The van der Waals surface area contributed by atoms with Crippen molar-refractivity contribution >= 4 is 75.5 Å². The average Bonchev–Trinajstić information content (AvgIpc) is 3.81. The number of nitrogens with zero attached hydrogens (tertiary/aromatic N) is 2. The molecule has 0 atom stereocenters. The van der Waals surface area contributed by atoms with Crippen LogP contribution < -0.4 is 4.90 Å². The summed E-state index contributed by atoms with van der Waals surface area (Å²) in [6.45, 7) is 0. The molecular weight excluding hydrogens is 697 g/mol. The van der Waals surface area contributed by atoms with Crippen LogP contribution in [0.3, 0.4) is 0 Å². The Balaban J connectivity index is 1.06. The van der Waals surface area contributed by atoms with Crippen molar-refractivity contribution in [3.63, 3.8) is 0 Å². The Morgan fingerprint density at radius 3 is 1.88 bits per heavy atom.